The lowest BCUT2D eigenvalue weighted by atomic mass is 9.88. The van der Waals surface area contributed by atoms with Gasteiger partial charge in [-0.15, -0.1) is 11.3 Å². The molecule has 2 aliphatic rings. The molecule has 0 saturated carbocycles. The number of ether oxygens (including phenoxy) is 3. The summed E-state index contributed by atoms with van der Waals surface area (Å²) < 4.78 is 16.8. The molecule has 0 radical (unpaired) electrons. The summed E-state index contributed by atoms with van der Waals surface area (Å²) in [5.74, 6) is 2.25. The van der Waals surface area contributed by atoms with E-state index in [1.807, 2.05) is 23.6 Å². The molecule has 0 aliphatic carbocycles. The molecule has 1 aromatic carbocycles. The van der Waals surface area contributed by atoms with Crippen LogP contribution in [0.3, 0.4) is 0 Å². The topological polar surface area (TPSA) is 48.0 Å². The molecule has 2 aliphatic heterocycles. The summed E-state index contributed by atoms with van der Waals surface area (Å²) in [7, 11) is 3.70. The second-order valence-corrected chi connectivity index (χ2v) is 7.02. The van der Waals surface area contributed by atoms with E-state index in [9.17, 15) is 4.79 Å². The number of hydrogen-bond acceptors (Lipinski definition) is 6. The number of carbonyl (C=O) groups excluding carboxylic acids is 1. The van der Waals surface area contributed by atoms with Crippen molar-refractivity contribution in [3.63, 3.8) is 0 Å². The van der Waals surface area contributed by atoms with Crippen LogP contribution >= 0.6 is 11.3 Å². The Morgan fingerprint density at radius 1 is 1.46 bits per heavy atom. The molecule has 5 nitrogen and oxygen atoms in total. The zero-order valence-electron chi connectivity index (χ0n) is 13.7. The van der Waals surface area contributed by atoms with Crippen LogP contribution in [0.5, 0.6) is 17.2 Å². The summed E-state index contributed by atoms with van der Waals surface area (Å²) in [4.78, 5) is 15.7. The summed E-state index contributed by atoms with van der Waals surface area (Å²) in [6.45, 7) is 1.11. The predicted molar refractivity (Wildman–Crippen MR) is 91.5 cm³/mol. The monoisotopic (exact) mass is 345 g/mol. The van der Waals surface area contributed by atoms with E-state index in [1.165, 1.54) is 16.9 Å². The molecule has 1 atom stereocenters. The van der Waals surface area contributed by atoms with Gasteiger partial charge in [0.1, 0.15) is 0 Å². The van der Waals surface area contributed by atoms with Crippen molar-refractivity contribution in [3.8, 4) is 17.2 Å². The van der Waals surface area contributed by atoms with Gasteiger partial charge in [-0.05, 0) is 36.5 Å². The van der Waals surface area contributed by atoms with Crippen LogP contribution in [0.1, 0.15) is 33.3 Å². The third-order valence-electron chi connectivity index (χ3n) is 4.72. The molecule has 126 valence electrons. The van der Waals surface area contributed by atoms with Gasteiger partial charge < -0.3 is 14.2 Å². The number of carbonyl (C=O) groups is 1. The van der Waals surface area contributed by atoms with E-state index >= 15 is 0 Å². The second kappa shape index (κ2) is 6.11. The van der Waals surface area contributed by atoms with E-state index in [2.05, 4.69) is 11.9 Å². The van der Waals surface area contributed by atoms with Crippen LogP contribution in [-0.2, 0) is 6.42 Å². The molecule has 3 heterocycles. The molecule has 6 heteroatoms. The number of benzene rings is 1. The summed E-state index contributed by atoms with van der Waals surface area (Å²) in [5.41, 5.74) is 2.23. The molecule has 0 spiro atoms. The van der Waals surface area contributed by atoms with Crippen molar-refractivity contribution in [2.45, 2.75) is 18.9 Å². The number of Topliss-reactive ketones (excluding diaryl/α,β-unsaturated/α-hetero) is 1. The number of fused-ring (bicyclic) bond motifs is 2. The molecule has 0 fully saturated rings. The quantitative estimate of drug-likeness (QED) is 0.796. The molecule has 1 aromatic heterocycles. The van der Waals surface area contributed by atoms with Crippen LogP contribution in [0.25, 0.3) is 0 Å². The van der Waals surface area contributed by atoms with Gasteiger partial charge in [-0.3, -0.25) is 9.69 Å². The van der Waals surface area contributed by atoms with Gasteiger partial charge in [0, 0.05) is 24.6 Å². The second-order valence-electron chi connectivity index (χ2n) is 6.07. The van der Waals surface area contributed by atoms with Gasteiger partial charge in [0.15, 0.2) is 17.3 Å². The van der Waals surface area contributed by atoms with Crippen LogP contribution in [-0.4, -0.2) is 38.2 Å². The van der Waals surface area contributed by atoms with Crippen molar-refractivity contribution >= 4 is 17.1 Å². The average molecular weight is 345 g/mol. The fourth-order valence-corrected chi connectivity index (χ4v) is 4.17. The molecule has 0 amide bonds. The molecule has 0 saturated heterocycles. The summed E-state index contributed by atoms with van der Waals surface area (Å²) in [6.07, 6.45) is 1.34. The van der Waals surface area contributed by atoms with E-state index < -0.39 is 0 Å². The number of nitrogens with zero attached hydrogens (tertiary/aromatic N) is 1. The minimum absolute atomic E-state index is 0.0206. The maximum atomic E-state index is 12.6. The Bertz CT molecular complexity index is 772. The molecular formula is C18H19NO4S. The van der Waals surface area contributed by atoms with Crippen molar-refractivity contribution in [2.75, 3.05) is 27.5 Å². The normalized spacial score (nSPS) is 19.2. The first kappa shape index (κ1) is 15.5. The molecule has 4 rings (SSSR count). The van der Waals surface area contributed by atoms with Crippen LogP contribution in [0, 0.1) is 0 Å². The minimum atomic E-state index is -0.0206. The van der Waals surface area contributed by atoms with E-state index in [0.717, 1.165) is 29.2 Å². The van der Waals surface area contributed by atoms with E-state index in [0.29, 0.717) is 17.9 Å². The van der Waals surface area contributed by atoms with Crippen molar-refractivity contribution in [2.24, 2.45) is 0 Å². The highest BCUT2D eigenvalue weighted by molar-refractivity contribution is 7.12. The highest BCUT2D eigenvalue weighted by Gasteiger charge is 2.35. The summed E-state index contributed by atoms with van der Waals surface area (Å²) in [5, 5.41) is 1.93. The van der Waals surface area contributed by atoms with Gasteiger partial charge in [-0.1, -0.05) is 6.07 Å². The lowest BCUT2D eigenvalue weighted by Gasteiger charge is -2.35. The number of methoxy groups -OCH3 is 1. The number of likely N-dealkylation sites (N-methyl/N-ethyl adjacent to an activating group) is 1. The van der Waals surface area contributed by atoms with Gasteiger partial charge >= 0.3 is 0 Å². The molecule has 2 aromatic rings. The fourth-order valence-electron chi connectivity index (χ4n) is 3.50. The summed E-state index contributed by atoms with van der Waals surface area (Å²) >= 11 is 1.49. The number of thiophene rings is 1. The molecule has 24 heavy (non-hydrogen) atoms. The Morgan fingerprint density at radius 2 is 2.33 bits per heavy atom. The van der Waals surface area contributed by atoms with Gasteiger partial charge in [-0.2, -0.15) is 0 Å². The van der Waals surface area contributed by atoms with E-state index in [-0.39, 0.29) is 18.6 Å². The standard InChI is InChI=1S/C18H19NO4S/c1-19-6-5-11-8-14-17(23-10-22-14)18(21-2)16(11)12(19)9-13(20)15-4-3-7-24-15/h3-4,7-8,12H,5-6,9-10H2,1-2H3/t12-/m1/s1. The van der Waals surface area contributed by atoms with Gasteiger partial charge in [0.2, 0.25) is 12.5 Å². The first-order valence-electron chi connectivity index (χ1n) is 7.95. The molecule has 0 N–H and O–H groups in total. The predicted octanol–water partition coefficient (Wildman–Crippen LogP) is 3.29. The third kappa shape index (κ3) is 2.46. The van der Waals surface area contributed by atoms with Crippen LogP contribution in [0.2, 0.25) is 0 Å². The Morgan fingerprint density at radius 3 is 3.08 bits per heavy atom. The number of ketones is 1. The lowest BCUT2D eigenvalue weighted by molar-refractivity contribution is 0.0929. The van der Waals surface area contributed by atoms with Crippen molar-refractivity contribution in [3.05, 3.63) is 39.6 Å². The number of rotatable bonds is 4. The highest BCUT2D eigenvalue weighted by atomic mass is 32.1. The first-order chi connectivity index (χ1) is 11.7. The first-order valence-corrected chi connectivity index (χ1v) is 8.83. The van der Waals surface area contributed by atoms with E-state index in [4.69, 9.17) is 14.2 Å². The highest BCUT2D eigenvalue weighted by Crippen LogP contribution is 2.50. The van der Waals surface area contributed by atoms with Crippen molar-refractivity contribution in [1.29, 1.82) is 0 Å². The third-order valence-corrected chi connectivity index (χ3v) is 5.63. The van der Waals surface area contributed by atoms with Gasteiger partial charge in [0.25, 0.3) is 0 Å². The Balaban J connectivity index is 1.75. The average Bonchev–Trinajstić information content (AvgIpc) is 3.26. The smallest absolute Gasteiger partial charge is 0.231 e. The van der Waals surface area contributed by atoms with Crippen molar-refractivity contribution in [1.82, 2.24) is 4.90 Å². The maximum absolute atomic E-state index is 12.6. The molecular weight excluding hydrogens is 326 g/mol. The zero-order valence-corrected chi connectivity index (χ0v) is 14.5. The van der Waals surface area contributed by atoms with E-state index in [1.54, 1.807) is 7.11 Å². The Hall–Kier alpha value is -2.05. The van der Waals surface area contributed by atoms with Crippen LogP contribution in [0.4, 0.5) is 0 Å². The zero-order chi connectivity index (χ0) is 16.7. The molecule has 0 bridgehead atoms. The SMILES string of the molecule is COc1c2c(cc3c1[C@@H](CC(=O)c1cccs1)N(C)CC3)OCO2. The number of hydrogen-bond donors (Lipinski definition) is 0. The fraction of sp³-hybridized carbons (Fsp3) is 0.389. The Kier molecular flexibility index (Phi) is 3.94. The van der Waals surface area contributed by atoms with Crippen molar-refractivity contribution < 1.29 is 19.0 Å². The lowest BCUT2D eigenvalue weighted by Crippen LogP contribution is -2.34. The van der Waals surface area contributed by atoms with Gasteiger partial charge in [-0.25, -0.2) is 0 Å². The minimum Gasteiger partial charge on any atom is -0.492 e. The molecule has 0 unspecified atom stereocenters. The largest absolute Gasteiger partial charge is 0.492 e. The van der Waals surface area contributed by atoms with Crippen LogP contribution < -0.4 is 14.2 Å². The maximum Gasteiger partial charge on any atom is 0.231 e. The van der Waals surface area contributed by atoms with Gasteiger partial charge in [0.05, 0.1) is 12.0 Å². The Labute approximate surface area is 144 Å². The van der Waals surface area contributed by atoms with Crippen LogP contribution in [0.15, 0.2) is 23.6 Å². The summed E-state index contributed by atoms with van der Waals surface area (Å²) in [6, 6.07) is 5.81.